The molecule has 0 spiro atoms. The average molecular weight is 531 g/mol. The predicted molar refractivity (Wildman–Crippen MR) is 147 cm³/mol. The molecule has 1 aliphatic rings. The van der Waals surface area contributed by atoms with Gasteiger partial charge in [0.15, 0.2) is 23.1 Å². The summed E-state index contributed by atoms with van der Waals surface area (Å²) < 4.78 is 38.1. The van der Waals surface area contributed by atoms with E-state index >= 15 is 4.39 Å². The van der Waals surface area contributed by atoms with Crippen molar-refractivity contribution < 1.29 is 28.1 Å². The summed E-state index contributed by atoms with van der Waals surface area (Å²) in [6, 6.07) is 19.8. The zero-order chi connectivity index (χ0) is 27.4. The van der Waals surface area contributed by atoms with Crippen molar-refractivity contribution in [3.63, 3.8) is 0 Å². The summed E-state index contributed by atoms with van der Waals surface area (Å²) in [5.74, 6) is 0.927. The number of pyridine rings is 1. The Hall–Kier alpha value is -4.17. The molecule has 1 aromatic heterocycles. The molecule has 2 atom stereocenters. The first-order chi connectivity index (χ1) is 19.0. The molecule has 2 heterocycles. The van der Waals surface area contributed by atoms with Gasteiger partial charge in [0.2, 0.25) is 5.91 Å². The Morgan fingerprint density at radius 1 is 0.974 bits per heavy atom. The third-order valence-corrected chi connectivity index (χ3v) is 6.93. The van der Waals surface area contributed by atoms with Gasteiger partial charge in [0.05, 0.1) is 32.4 Å². The van der Waals surface area contributed by atoms with Gasteiger partial charge in [0, 0.05) is 48.3 Å². The Bertz CT molecular complexity index is 1460. The minimum absolute atomic E-state index is 0.0189. The molecule has 7 nitrogen and oxygen atoms in total. The Labute approximate surface area is 227 Å². The molecule has 39 heavy (non-hydrogen) atoms. The second-order valence-corrected chi connectivity index (χ2v) is 9.47. The number of nitrogens with zero attached hydrogens (tertiary/aromatic N) is 2. The molecule has 1 saturated heterocycles. The van der Waals surface area contributed by atoms with E-state index in [1.165, 1.54) is 12.1 Å². The van der Waals surface area contributed by atoms with Crippen LogP contribution >= 0.6 is 0 Å². The van der Waals surface area contributed by atoms with Crippen molar-refractivity contribution in [2.45, 2.75) is 25.9 Å². The van der Waals surface area contributed by atoms with Gasteiger partial charge in [-0.1, -0.05) is 37.3 Å². The number of carbonyl (C=O) groups is 1. The lowest BCUT2D eigenvalue weighted by molar-refractivity contribution is -0.117. The van der Waals surface area contributed by atoms with Gasteiger partial charge < -0.3 is 23.8 Å². The van der Waals surface area contributed by atoms with Crippen molar-refractivity contribution in [1.82, 2.24) is 4.98 Å². The molecule has 0 saturated carbocycles. The van der Waals surface area contributed by atoms with Crippen LogP contribution in [0.4, 0.5) is 10.1 Å². The van der Waals surface area contributed by atoms with Crippen molar-refractivity contribution >= 4 is 22.5 Å². The summed E-state index contributed by atoms with van der Waals surface area (Å²) in [5, 5.41) is 0.650. The number of halogens is 1. The number of anilines is 1. The molecule has 0 aliphatic carbocycles. The number of carbonyl (C=O) groups excluding carboxylic acids is 1. The molecule has 4 aromatic rings. The van der Waals surface area contributed by atoms with E-state index in [0.717, 1.165) is 12.0 Å². The van der Waals surface area contributed by atoms with Crippen LogP contribution in [-0.4, -0.2) is 38.3 Å². The monoisotopic (exact) mass is 530 g/mol. The Morgan fingerprint density at radius 3 is 2.46 bits per heavy atom. The summed E-state index contributed by atoms with van der Waals surface area (Å²) in [6.07, 6.45) is 2.77. The quantitative estimate of drug-likeness (QED) is 0.227. The molecule has 1 amide bonds. The zero-order valence-corrected chi connectivity index (χ0v) is 22.2. The van der Waals surface area contributed by atoms with Crippen LogP contribution in [0.1, 0.15) is 31.4 Å². The van der Waals surface area contributed by atoms with Gasteiger partial charge in [-0.05, 0) is 36.2 Å². The van der Waals surface area contributed by atoms with E-state index in [1.54, 1.807) is 49.6 Å². The zero-order valence-electron chi connectivity index (χ0n) is 22.2. The maximum Gasteiger partial charge on any atom is 0.227 e. The molecule has 0 radical (unpaired) electrons. The highest BCUT2D eigenvalue weighted by Gasteiger charge is 2.32. The minimum Gasteiger partial charge on any atom is -0.493 e. The van der Waals surface area contributed by atoms with E-state index < -0.39 is 5.82 Å². The molecular formula is C31H31FN2O5. The molecule has 1 aliphatic heterocycles. The number of amides is 1. The molecule has 1 fully saturated rings. The van der Waals surface area contributed by atoms with Crippen LogP contribution < -0.4 is 19.1 Å². The lowest BCUT2D eigenvalue weighted by atomic mass is 10.1. The second kappa shape index (κ2) is 11.7. The SMILES string of the molecule is CCC(OCC1CC(=O)N(c2ccc(Oc3ccnc4cc(OC)c(OC)cc34)c(F)c2)C1)c1ccccc1. The van der Waals surface area contributed by atoms with Crippen molar-refractivity contribution in [3.05, 3.63) is 84.3 Å². The first-order valence-corrected chi connectivity index (χ1v) is 13.0. The van der Waals surface area contributed by atoms with Crippen LogP contribution in [0.25, 0.3) is 10.9 Å². The highest BCUT2D eigenvalue weighted by molar-refractivity contribution is 5.95. The van der Waals surface area contributed by atoms with E-state index in [4.69, 9.17) is 18.9 Å². The number of hydrogen-bond donors (Lipinski definition) is 0. The lowest BCUT2D eigenvalue weighted by Gasteiger charge is -2.20. The summed E-state index contributed by atoms with van der Waals surface area (Å²) in [4.78, 5) is 18.8. The number of methoxy groups -OCH3 is 2. The third-order valence-electron chi connectivity index (χ3n) is 6.93. The van der Waals surface area contributed by atoms with E-state index in [2.05, 4.69) is 24.0 Å². The molecule has 2 unspecified atom stereocenters. The van der Waals surface area contributed by atoms with Gasteiger partial charge in [-0.3, -0.25) is 9.78 Å². The van der Waals surface area contributed by atoms with E-state index in [0.29, 0.717) is 53.4 Å². The molecule has 202 valence electrons. The molecule has 5 rings (SSSR count). The molecule has 0 N–H and O–H groups in total. The summed E-state index contributed by atoms with van der Waals surface area (Å²) in [6.45, 7) is 3.02. The highest BCUT2D eigenvalue weighted by atomic mass is 19.1. The predicted octanol–water partition coefficient (Wildman–Crippen LogP) is 6.70. The minimum atomic E-state index is -0.569. The fraction of sp³-hybridized carbons (Fsp3) is 0.290. The molecule has 8 heteroatoms. The number of rotatable bonds is 10. The molecule has 3 aromatic carbocycles. The number of benzene rings is 3. The average Bonchev–Trinajstić information content (AvgIpc) is 3.34. The van der Waals surface area contributed by atoms with E-state index in [-0.39, 0.29) is 23.7 Å². The van der Waals surface area contributed by atoms with Crippen LogP contribution in [0.15, 0.2) is 72.9 Å². The van der Waals surface area contributed by atoms with Crippen LogP contribution in [-0.2, 0) is 9.53 Å². The Balaban J connectivity index is 1.28. The first kappa shape index (κ1) is 26.4. The summed E-state index contributed by atoms with van der Waals surface area (Å²) >= 11 is 0. The first-order valence-electron chi connectivity index (χ1n) is 13.0. The van der Waals surface area contributed by atoms with Crippen LogP contribution in [0.5, 0.6) is 23.0 Å². The number of aromatic nitrogens is 1. The summed E-state index contributed by atoms with van der Waals surface area (Å²) in [7, 11) is 3.09. The van der Waals surface area contributed by atoms with Gasteiger partial charge in [0.25, 0.3) is 0 Å². The largest absolute Gasteiger partial charge is 0.493 e. The standard InChI is InChI=1S/C31H31FN2O5/c1-4-26(21-8-6-5-7-9-21)38-19-20-14-31(35)34(18-20)22-10-11-28(24(32)15-22)39-27-12-13-33-25-17-30(37-3)29(36-2)16-23(25)27/h5-13,15-17,20,26H,4,14,18-19H2,1-3H3. The Morgan fingerprint density at radius 2 is 1.74 bits per heavy atom. The molecule has 0 bridgehead atoms. The normalized spacial score (nSPS) is 15.9. The van der Waals surface area contributed by atoms with Gasteiger partial charge >= 0.3 is 0 Å². The van der Waals surface area contributed by atoms with Crippen LogP contribution in [0.2, 0.25) is 0 Å². The Kier molecular flexibility index (Phi) is 7.93. The third kappa shape index (κ3) is 5.66. The van der Waals surface area contributed by atoms with E-state index in [9.17, 15) is 4.79 Å². The van der Waals surface area contributed by atoms with Gasteiger partial charge in [0.1, 0.15) is 5.75 Å². The maximum atomic E-state index is 15.2. The fourth-order valence-electron chi connectivity index (χ4n) is 4.91. The highest BCUT2D eigenvalue weighted by Crippen LogP contribution is 2.38. The topological polar surface area (TPSA) is 70.1 Å². The van der Waals surface area contributed by atoms with Crippen LogP contribution in [0, 0.1) is 11.7 Å². The number of fused-ring (bicyclic) bond motifs is 1. The van der Waals surface area contributed by atoms with Gasteiger partial charge in [-0.25, -0.2) is 4.39 Å². The van der Waals surface area contributed by atoms with Gasteiger partial charge in [-0.15, -0.1) is 0 Å². The molecular weight excluding hydrogens is 499 g/mol. The second-order valence-electron chi connectivity index (χ2n) is 9.47. The number of hydrogen-bond acceptors (Lipinski definition) is 6. The number of ether oxygens (including phenoxy) is 4. The maximum absolute atomic E-state index is 15.2. The lowest BCUT2D eigenvalue weighted by Crippen LogP contribution is -2.25. The van der Waals surface area contributed by atoms with E-state index in [1.807, 2.05) is 18.2 Å². The van der Waals surface area contributed by atoms with Crippen molar-refractivity contribution in [2.75, 3.05) is 32.3 Å². The fourth-order valence-corrected chi connectivity index (χ4v) is 4.91. The van der Waals surface area contributed by atoms with Crippen molar-refractivity contribution in [1.29, 1.82) is 0 Å². The van der Waals surface area contributed by atoms with Gasteiger partial charge in [-0.2, -0.15) is 0 Å². The van der Waals surface area contributed by atoms with Crippen molar-refractivity contribution in [3.8, 4) is 23.0 Å². The van der Waals surface area contributed by atoms with Crippen molar-refractivity contribution in [2.24, 2.45) is 5.92 Å². The smallest absolute Gasteiger partial charge is 0.227 e. The van der Waals surface area contributed by atoms with Crippen LogP contribution in [0.3, 0.4) is 0 Å². The summed E-state index contributed by atoms with van der Waals surface area (Å²) in [5.41, 5.74) is 2.24.